The summed E-state index contributed by atoms with van der Waals surface area (Å²) in [5.41, 5.74) is 0.974. The van der Waals surface area contributed by atoms with Crippen molar-refractivity contribution < 1.29 is 13.2 Å². The Labute approximate surface area is 135 Å². The van der Waals surface area contributed by atoms with Gasteiger partial charge in [0.1, 0.15) is 11.6 Å². The van der Waals surface area contributed by atoms with Gasteiger partial charge < -0.3 is 9.88 Å². The summed E-state index contributed by atoms with van der Waals surface area (Å²) in [7, 11) is -2.00. The highest BCUT2D eigenvalue weighted by Crippen LogP contribution is 2.08. The van der Waals surface area contributed by atoms with Gasteiger partial charge in [-0.3, -0.25) is 4.79 Å². The average Bonchev–Trinajstić information content (AvgIpc) is 2.79. The fourth-order valence-electron chi connectivity index (χ4n) is 1.84. The summed E-state index contributed by atoms with van der Waals surface area (Å²) in [6.45, 7) is 3.58. The minimum Gasteiger partial charge on any atom is -0.337 e. The second-order valence-corrected chi connectivity index (χ2v) is 6.87. The van der Waals surface area contributed by atoms with Gasteiger partial charge in [-0.25, -0.2) is 23.1 Å². The number of hydrogen-bond donors (Lipinski definition) is 2. The highest BCUT2D eigenvalue weighted by Gasteiger charge is 2.18. The SMILES string of the molecule is Cc1ccnc(NC(=O)CCNS(=O)(=O)c2cn(C)c(C)n2)c1. The molecule has 0 saturated heterocycles. The topological polar surface area (TPSA) is 106 Å². The molecule has 0 atom stereocenters. The van der Waals surface area contributed by atoms with E-state index in [1.54, 1.807) is 30.8 Å². The number of nitrogens with zero attached hydrogens (tertiary/aromatic N) is 3. The lowest BCUT2D eigenvalue weighted by molar-refractivity contribution is -0.116. The maximum absolute atomic E-state index is 12.1. The Morgan fingerprint density at radius 2 is 2.09 bits per heavy atom. The first kappa shape index (κ1) is 17.1. The van der Waals surface area contributed by atoms with Crippen LogP contribution in [0.2, 0.25) is 0 Å². The number of aryl methyl sites for hydroxylation is 3. The second kappa shape index (κ2) is 6.88. The van der Waals surface area contributed by atoms with E-state index in [2.05, 4.69) is 20.0 Å². The molecular formula is C14H19N5O3S. The summed E-state index contributed by atoms with van der Waals surface area (Å²) >= 11 is 0. The summed E-state index contributed by atoms with van der Waals surface area (Å²) in [6.07, 6.45) is 3.02. The van der Waals surface area contributed by atoms with Crippen LogP contribution in [-0.2, 0) is 21.9 Å². The number of sulfonamides is 1. The predicted molar refractivity (Wildman–Crippen MR) is 85.4 cm³/mol. The van der Waals surface area contributed by atoms with Gasteiger partial charge in [-0.2, -0.15) is 0 Å². The van der Waals surface area contributed by atoms with Crippen LogP contribution in [0.3, 0.4) is 0 Å². The molecule has 9 heteroatoms. The van der Waals surface area contributed by atoms with Crippen LogP contribution in [0.5, 0.6) is 0 Å². The first-order valence-electron chi connectivity index (χ1n) is 7.00. The molecular weight excluding hydrogens is 318 g/mol. The molecule has 0 unspecified atom stereocenters. The fourth-order valence-corrected chi connectivity index (χ4v) is 2.91. The van der Waals surface area contributed by atoms with E-state index in [-0.39, 0.29) is 23.9 Å². The van der Waals surface area contributed by atoms with Gasteiger partial charge in [0.05, 0.1) is 0 Å². The lowest BCUT2D eigenvalue weighted by atomic mass is 10.3. The van der Waals surface area contributed by atoms with Crippen LogP contribution >= 0.6 is 0 Å². The summed E-state index contributed by atoms with van der Waals surface area (Å²) in [5, 5.41) is 2.56. The number of amides is 1. The van der Waals surface area contributed by atoms with E-state index in [0.29, 0.717) is 11.6 Å². The molecule has 8 nitrogen and oxygen atoms in total. The van der Waals surface area contributed by atoms with Gasteiger partial charge in [-0.15, -0.1) is 0 Å². The Bertz CT molecular complexity index is 794. The van der Waals surface area contributed by atoms with Gasteiger partial charge in [0.25, 0.3) is 10.0 Å². The van der Waals surface area contributed by atoms with E-state index in [9.17, 15) is 13.2 Å². The van der Waals surface area contributed by atoms with Gasteiger partial charge in [-0.05, 0) is 31.5 Å². The van der Waals surface area contributed by atoms with Gasteiger partial charge in [0, 0.05) is 32.4 Å². The molecule has 0 aromatic carbocycles. The van der Waals surface area contributed by atoms with Crippen LogP contribution in [0, 0.1) is 13.8 Å². The van der Waals surface area contributed by atoms with Gasteiger partial charge in [0.2, 0.25) is 5.91 Å². The molecule has 0 fully saturated rings. The van der Waals surface area contributed by atoms with Crippen LogP contribution in [-0.4, -0.2) is 35.4 Å². The third-order valence-corrected chi connectivity index (χ3v) is 4.52. The van der Waals surface area contributed by atoms with Gasteiger partial charge >= 0.3 is 0 Å². The molecule has 0 saturated carbocycles. The largest absolute Gasteiger partial charge is 0.337 e. The Morgan fingerprint density at radius 1 is 1.35 bits per heavy atom. The molecule has 0 aliphatic heterocycles. The van der Waals surface area contributed by atoms with Crippen molar-refractivity contribution >= 4 is 21.7 Å². The molecule has 0 aliphatic carbocycles. The van der Waals surface area contributed by atoms with Gasteiger partial charge in [-0.1, -0.05) is 0 Å². The Kier molecular flexibility index (Phi) is 5.12. The van der Waals surface area contributed by atoms with Gasteiger partial charge in [0.15, 0.2) is 5.03 Å². The van der Waals surface area contributed by atoms with E-state index in [0.717, 1.165) is 5.56 Å². The van der Waals surface area contributed by atoms with Crippen molar-refractivity contribution in [3.8, 4) is 0 Å². The number of hydrogen-bond acceptors (Lipinski definition) is 5. The maximum Gasteiger partial charge on any atom is 0.259 e. The zero-order chi connectivity index (χ0) is 17.0. The number of aromatic nitrogens is 3. The minimum absolute atomic E-state index is 0.000662. The van der Waals surface area contributed by atoms with E-state index in [1.807, 2.05) is 13.0 Å². The van der Waals surface area contributed by atoms with E-state index in [1.165, 1.54) is 6.20 Å². The molecule has 2 heterocycles. The smallest absolute Gasteiger partial charge is 0.259 e. The van der Waals surface area contributed by atoms with Crippen LogP contribution in [0.15, 0.2) is 29.6 Å². The van der Waals surface area contributed by atoms with Crippen molar-refractivity contribution in [1.82, 2.24) is 19.3 Å². The zero-order valence-corrected chi connectivity index (χ0v) is 14.0. The molecule has 2 rings (SSSR count). The van der Waals surface area contributed by atoms with Crippen molar-refractivity contribution in [1.29, 1.82) is 0 Å². The third-order valence-electron chi connectivity index (χ3n) is 3.19. The van der Waals surface area contributed by atoms with E-state index >= 15 is 0 Å². The molecule has 0 bridgehead atoms. The van der Waals surface area contributed by atoms with Crippen LogP contribution in [0.25, 0.3) is 0 Å². The van der Waals surface area contributed by atoms with Crippen LogP contribution in [0.4, 0.5) is 5.82 Å². The number of carbonyl (C=O) groups excluding carboxylic acids is 1. The number of rotatable bonds is 6. The number of anilines is 1. The lowest BCUT2D eigenvalue weighted by Gasteiger charge is -2.06. The average molecular weight is 337 g/mol. The molecule has 0 radical (unpaired) electrons. The summed E-state index contributed by atoms with van der Waals surface area (Å²) < 4.78 is 28.1. The highest BCUT2D eigenvalue weighted by atomic mass is 32.2. The summed E-state index contributed by atoms with van der Waals surface area (Å²) in [4.78, 5) is 19.8. The maximum atomic E-state index is 12.1. The minimum atomic E-state index is -3.71. The second-order valence-electron chi connectivity index (χ2n) is 5.15. The predicted octanol–water partition coefficient (Wildman–Crippen LogP) is 0.739. The highest BCUT2D eigenvalue weighted by molar-refractivity contribution is 7.89. The molecule has 124 valence electrons. The summed E-state index contributed by atoms with van der Waals surface area (Å²) in [5.74, 6) is 0.717. The van der Waals surface area contributed by atoms with Crippen LogP contribution < -0.4 is 10.0 Å². The number of nitrogens with one attached hydrogen (secondary N) is 2. The number of imidazole rings is 1. The zero-order valence-electron chi connectivity index (χ0n) is 13.2. The molecule has 0 aliphatic rings. The molecule has 0 spiro atoms. The summed E-state index contributed by atoms with van der Waals surface area (Å²) in [6, 6.07) is 3.55. The number of pyridine rings is 1. The normalized spacial score (nSPS) is 11.4. The van der Waals surface area contributed by atoms with Crippen LogP contribution in [0.1, 0.15) is 17.8 Å². The monoisotopic (exact) mass is 337 g/mol. The van der Waals surface area contributed by atoms with Crippen molar-refractivity contribution in [2.24, 2.45) is 7.05 Å². The van der Waals surface area contributed by atoms with Crippen molar-refractivity contribution in [3.63, 3.8) is 0 Å². The Morgan fingerprint density at radius 3 is 2.70 bits per heavy atom. The molecule has 1 amide bonds. The third kappa shape index (κ3) is 4.60. The quantitative estimate of drug-likeness (QED) is 0.808. The van der Waals surface area contributed by atoms with Crippen molar-refractivity contribution in [2.75, 3.05) is 11.9 Å². The molecule has 2 aromatic heterocycles. The fraction of sp³-hybridized carbons (Fsp3) is 0.357. The Balaban J connectivity index is 1.87. The molecule has 2 aromatic rings. The van der Waals surface area contributed by atoms with E-state index < -0.39 is 10.0 Å². The first-order chi connectivity index (χ1) is 10.8. The van der Waals surface area contributed by atoms with E-state index in [4.69, 9.17) is 0 Å². The molecule has 23 heavy (non-hydrogen) atoms. The van der Waals surface area contributed by atoms with Crippen molar-refractivity contribution in [2.45, 2.75) is 25.3 Å². The standard InChI is InChI=1S/C14H19N5O3S/c1-10-4-6-15-12(8-10)18-13(20)5-7-16-23(21,22)14-9-19(3)11(2)17-14/h4,6,8-9,16H,5,7H2,1-3H3,(H,15,18,20). The Hall–Kier alpha value is -2.26. The van der Waals surface area contributed by atoms with Crippen molar-refractivity contribution in [3.05, 3.63) is 35.9 Å². The first-order valence-corrected chi connectivity index (χ1v) is 8.48. The number of carbonyl (C=O) groups is 1. The molecule has 2 N–H and O–H groups in total. The lowest BCUT2D eigenvalue weighted by Crippen LogP contribution is -2.28.